The third-order valence-electron chi connectivity index (χ3n) is 2.02. The first-order valence-electron chi connectivity index (χ1n) is 5.17. The second-order valence-corrected chi connectivity index (χ2v) is 5.48. The van der Waals surface area contributed by atoms with E-state index in [1.807, 2.05) is 6.26 Å². The lowest BCUT2D eigenvalue weighted by Gasteiger charge is -2.04. The number of amides is 1. The van der Waals surface area contributed by atoms with E-state index in [1.54, 1.807) is 23.5 Å². The molecule has 0 saturated carbocycles. The average molecular weight is 255 g/mol. The maximum Gasteiger partial charge on any atom is 0.230 e. The number of aryl methyl sites for hydroxylation is 1. The van der Waals surface area contributed by atoms with Crippen LogP contribution in [-0.2, 0) is 4.79 Å². The highest BCUT2D eigenvalue weighted by Gasteiger charge is 2.01. The summed E-state index contributed by atoms with van der Waals surface area (Å²) in [6.07, 6.45) is 2.03. The van der Waals surface area contributed by atoms with Gasteiger partial charge in [0, 0.05) is 17.2 Å². The molecule has 0 bridgehead atoms. The Morgan fingerprint density at radius 2 is 2.00 bits per heavy atom. The van der Waals surface area contributed by atoms with Gasteiger partial charge in [-0.1, -0.05) is 17.7 Å². The molecular weight excluding hydrogens is 238 g/mol. The first kappa shape index (κ1) is 13.5. The van der Waals surface area contributed by atoms with E-state index in [2.05, 4.69) is 36.5 Å². The van der Waals surface area contributed by atoms with Crippen LogP contribution in [0, 0.1) is 6.92 Å². The molecule has 0 heterocycles. The van der Waals surface area contributed by atoms with Gasteiger partial charge < -0.3 is 5.32 Å². The topological polar surface area (TPSA) is 29.1 Å². The fourth-order valence-electron chi connectivity index (χ4n) is 1.13. The van der Waals surface area contributed by atoms with Gasteiger partial charge in [0.25, 0.3) is 0 Å². The van der Waals surface area contributed by atoms with Crippen molar-refractivity contribution in [3.8, 4) is 0 Å². The molecule has 0 spiro atoms. The predicted molar refractivity (Wildman–Crippen MR) is 73.3 cm³/mol. The van der Waals surface area contributed by atoms with Crippen molar-refractivity contribution in [2.24, 2.45) is 0 Å². The van der Waals surface area contributed by atoms with E-state index < -0.39 is 0 Å². The first-order chi connectivity index (χ1) is 7.72. The van der Waals surface area contributed by atoms with Gasteiger partial charge in [-0.15, -0.1) is 11.8 Å². The summed E-state index contributed by atoms with van der Waals surface area (Å²) in [7, 11) is 0. The molecule has 1 aromatic rings. The molecule has 1 aromatic carbocycles. The smallest absolute Gasteiger partial charge is 0.230 e. The summed E-state index contributed by atoms with van der Waals surface area (Å²) >= 11 is 3.31. The van der Waals surface area contributed by atoms with Gasteiger partial charge in [-0.05, 0) is 25.3 Å². The molecule has 0 unspecified atom stereocenters. The first-order valence-corrected chi connectivity index (χ1v) is 7.55. The van der Waals surface area contributed by atoms with Gasteiger partial charge in [0.2, 0.25) is 5.91 Å². The van der Waals surface area contributed by atoms with Crippen molar-refractivity contribution in [2.75, 3.05) is 24.3 Å². The lowest BCUT2D eigenvalue weighted by Crippen LogP contribution is -2.27. The predicted octanol–water partition coefficient (Wildman–Crippen LogP) is 2.57. The van der Waals surface area contributed by atoms with E-state index >= 15 is 0 Å². The number of hydrogen-bond donors (Lipinski definition) is 1. The summed E-state index contributed by atoms with van der Waals surface area (Å²) in [5, 5.41) is 2.88. The molecule has 1 rings (SSSR count). The van der Waals surface area contributed by atoms with Crippen molar-refractivity contribution in [1.29, 1.82) is 0 Å². The fraction of sp³-hybridized carbons (Fsp3) is 0.417. The Hall–Kier alpha value is -0.610. The van der Waals surface area contributed by atoms with Crippen LogP contribution in [0.3, 0.4) is 0 Å². The van der Waals surface area contributed by atoms with Crippen LogP contribution in [0.25, 0.3) is 0 Å². The maximum atomic E-state index is 11.4. The molecule has 0 saturated heterocycles. The molecule has 1 amide bonds. The summed E-state index contributed by atoms with van der Waals surface area (Å²) in [5.74, 6) is 1.58. The van der Waals surface area contributed by atoms with Gasteiger partial charge in [0.05, 0.1) is 5.75 Å². The second kappa shape index (κ2) is 7.63. The third-order valence-corrected chi connectivity index (χ3v) is 3.64. The zero-order chi connectivity index (χ0) is 11.8. The quantitative estimate of drug-likeness (QED) is 0.626. The van der Waals surface area contributed by atoms with Gasteiger partial charge >= 0.3 is 0 Å². The summed E-state index contributed by atoms with van der Waals surface area (Å²) in [5.41, 5.74) is 1.24. The van der Waals surface area contributed by atoms with Crippen molar-refractivity contribution < 1.29 is 4.79 Å². The SMILES string of the molecule is CSCCNC(=O)CSc1ccc(C)cc1. The molecule has 88 valence electrons. The van der Waals surface area contributed by atoms with Crippen molar-refractivity contribution in [2.45, 2.75) is 11.8 Å². The van der Waals surface area contributed by atoms with Gasteiger partial charge in [-0.2, -0.15) is 11.8 Å². The molecule has 0 aromatic heterocycles. The van der Waals surface area contributed by atoms with Crippen LogP contribution in [0.2, 0.25) is 0 Å². The van der Waals surface area contributed by atoms with Gasteiger partial charge in [-0.25, -0.2) is 0 Å². The molecule has 0 aliphatic rings. The largest absolute Gasteiger partial charge is 0.355 e. The van der Waals surface area contributed by atoms with Crippen molar-refractivity contribution >= 4 is 29.4 Å². The van der Waals surface area contributed by atoms with E-state index in [0.717, 1.165) is 17.2 Å². The highest BCUT2D eigenvalue weighted by Crippen LogP contribution is 2.17. The molecule has 0 fully saturated rings. The van der Waals surface area contributed by atoms with Crippen molar-refractivity contribution in [1.82, 2.24) is 5.32 Å². The summed E-state index contributed by atoms with van der Waals surface area (Å²) in [4.78, 5) is 12.6. The Balaban J connectivity index is 2.23. The Labute approximate surface area is 106 Å². The molecule has 2 nitrogen and oxygen atoms in total. The van der Waals surface area contributed by atoms with Crippen LogP contribution >= 0.6 is 23.5 Å². The number of hydrogen-bond acceptors (Lipinski definition) is 3. The van der Waals surface area contributed by atoms with Crippen LogP contribution in [-0.4, -0.2) is 30.2 Å². The second-order valence-electron chi connectivity index (χ2n) is 3.44. The van der Waals surface area contributed by atoms with Crippen molar-refractivity contribution in [3.63, 3.8) is 0 Å². The van der Waals surface area contributed by atoms with Gasteiger partial charge in [-0.3, -0.25) is 4.79 Å². The Bertz CT molecular complexity index is 324. The van der Waals surface area contributed by atoms with E-state index in [1.165, 1.54) is 5.56 Å². The Kier molecular flexibility index (Phi) is 6.42. The average Bonchev–Trinajstić information content (AvgIpc) is 2.29. The van der Waals surface area contributed by atoms with Crippen LogP contribution in [0.4, 0.5) is 0 Å². The number of carbonyl (C=O) groups is 1. The molecule has 0 radical (unpaired) electrons. The number of rotatable bonds is 6. The number of nitrogens with one attached hydrogen (secondary N) is 1. The van der Waals surface area contributed by atoms with Crippen LogP contribution in [0.15, 0.2) is 29.2 Å². The minimum Gasteiger partial charge on any atom is -0.355 e. The summed E-state index contributed by atoms with van der Waals surface area (Å²) < 4.78 is 0. The fourth-order valence-corrected chi connectivity index (χ4v) is 2.16. The van der Waals surface area contributed by atoms with Crippen LogP contribution < -0.4 is 5.32 Å². The molecule has 0 aliphatic carbocycles. The lowest BCUT2D eigenvalue weighted by molar-refractivity contribution is -0.118. The molecular formula is C12H17NOS2. The Morgan fingerprint density at radius 3 is 2.62 bits per heavy atom. The molecule has 0 atom stereocenters. The molecule has 4 heteroatoms. The summed E-state index contributed by atoms with van der Waals surface area (Å²) in [6, 6.07) is 8.23. The third kappa shape index (κ3) is 5.47. The zero-order valence-electron chi connectivity index (χ0n) is 9.66. The minimum absolute atomic E-state index is 0.111. The van der Waals surface area contributed by atoms with E-state index in [9.17, 15) is 4.79 Å². The molecule has 1 N–H and O–H groups in total. The molecule has 0 aliphatic heterocycles. The standard InChI is InChI=1S/C12H17NOS2/c1-10-3-5-11(6-4-10)16-9-12(14)13-7-8-15-2/h3-6H,7-9H2,1-2H3,(H,13,14). The van der Waals surface area contributed by atoms with E-state index in [0.29, 0.717) is 5.75 Å². The minimum atomic E-state index is 0.111. The monoisotopic (exact) mass is 255 g/mol. The zero-order valence-corrected chi connectivity index (χ0v) is 11.3. The number of carbonyl (C=O) groups excluding carboxylic acids is 1. The maximum absolute atomic E-state index is 11.4. The number of benzene rings is 1. The highest BCUT2D eigenvalue weighted by atomic mass is 32.2. The van der Waals surface area contributed by atoms with Gasteiger partial charge in [0.1, 0.15) is 0 Å². The Morgan fingerprint density at radius 1 is 1.31 bits per heavy atom. The highest BCUT2D eigenvalue weighted by molar-refractivity contribution is 8.00. The van der Waals surface area contributed by atoms with E-state index in [4.69, 9.17) is 0 Å². The lowest BCUT2D eigenvalue weighted by atomic mass is 10.2. The van der Waals surface area contributed by atoms with Crippen LogP contribution in [0.1, 0.15) is 5.56 Å². The van der Waals surface area contributed by atoms with Gasteiger partial charge in [0.15, 0.2) is 0 Å². The number of thioether (sulfide) groups is 2. The van der Waals surface area contributed by atoms with E-state index in [-0.39, 0.29) is 5.91 Å². The normalized spacial score (nSPS) is 10.1. The molecule has 16 heavy (non-hydrogen) atoms. The van der Waals surface area contributed by atoms with Crippen LogP contribution in [0.5, 0.6) is 0 Å². The summed E-state index contributed by atoms with van der Waals surface area (Å²) in [6.45, 7) is 2.82. The van der Waals surface area contributed by atoms with Crippen molar-refractivity contribution in [3.05, 3.63) is 29.8 Å².